The summed E-state index contributed by atoms with van der Waals surface area (Å²) in [6, 6.07) is 17.2. The lowest BCUT2D eigenvalue weighted by atomic mass is 9.98. The van der Waals surface area contributed by atoms with Gasteiger partial charge in [-0.3, -0.25) is 4.98 Å². The topological polar surface area (TPSA) is 67.9 Å². The van der Waals surface area contributed by atoms with Crippen molar-refractivity contribution in [1.82, 2.24) is 15.0 Å². The van der Waals surface area contributed by atoms with Gasteiger partial charge >= 0.3 is 5.97 Å². The van der Waals surface area contributed by atoms with E-state index in [2.05, 4.69) is 15.0 Å². The molecule has 4 aromatic rings. The maximum absolute atomic E-state index is 12.0. The lowest BCUT2D eigenvalue weighted by Gasteiger charge is -2.08. The number of rotatable bonds is 3. The normalized spacial score (nSPS) is 10.8. The second-order valence-electron chi connectivity index (χ2n) is 5.59. The number of nitrogens with zero attached hydrogens (tertiary/aromatic N) is 2. The van der Waals surface area contributed by atoms with Crippen LogP contribution in [0.25, 0.3) is 33.5 Å². The van der Waals surface area contributed by atoms with E-state index in [-0.39, 0.29) is 5.97 Å². The number of pyridine rings is 1. The molecule has 0 aliphatic rings. The van der Waals surface area contributed by atoms with E-state index in [1.807, 2.05) is 48.5 Å². The summed E-state index contributed by atoms with van der Waals surface area (Å²) in [4.78, 5) is 23.9. The Morgan fingerprint density at radius 1 is 1.00 bits per heavy atom. The van der Waals surface area contributed by atoms with Crippen LogP contribution in [0.15, 0.2) is 67.0 Å². The highest BCUT2D eigenvalue weighted by atomic mass is 16.5. The van der Waals surface area contributed by atoms with Crippen molar-refractivity contribution in [2.24, 2.45) is 0 Å². The zero-order chi connectivity index (χ0) is 17.2. The number of imidazole rings is 1. The first-order chi connectivity index (χ1) is 12.3. The van der Waals surface area contributed by atoms with Crippen molar-refractivity contribution < 1.29 is 9.53 Å². The van der Waals surface area contributed by atoms with E-state index in [0.717, 1.165) is 33.5 Å². The van der Waals surface area contributed by atoms with Crippen LogP contribution in [0.5, 0.6) is 0 Å². The van der Waals surface area contributed by atoms with E-state index in [1.54, 1.807) is 18.5 Å². The smallest absolute Gasteiger partial charge is 0.338 e. The number of hydrogen-bond donors (Lipinski definition) is 1. The Bertz CT molecular complexity index is 1020. The van der Waals surface area contributed by atoms with Crippen molar-refractivity contribution in [2.45, 2.75) is 0 Å². The molecule has 0 aliphatic carbocycles. The van der Waals surface area contributed by atoms with Crippen LogP contribution >= 0.6 is 0 Å². The summed E-state index contributed by atoms with van der Waals surface area (Å²) in [5.74, 6) is 0.445. The van der Waals surface area contributed by atoms with Gasteiger partial charge in [0.25, 0.3) is 0 Å². The first kappa shape index (κ1) is 15.1. The number of carbonyl (C=O) groups is 1. The minimum atomic E-state index is -0.343. The van der Waals surface area contributed by atoms with E-state index in [0.29, 0.717) is 5.56 Å². The molecular weight excluding hydrogens is 314 g/mol. The van der Waals surface area contributed by atoms with Gasteiger partial charge in [0.05, 0.1) is 24.4 Å². The zero-order valence-electron chi connectivity index (χ0n) is 13.6. The molecule has 0 spiro atoms. The van der Waals surface area contributed by atoms with Gasteiger partial charge in [0.15, 0.2) is 0 Å². The molecule has 2 aromatic heterocycles. The third-order valence-corrected chi connectivity index (χ3v) is 4.09. The fourth-order valence-electron chi connectivity index (χ4n) is 2.82. The molecule has 0 atom stereocenters. The van der Waals surface area contributed by atoms with E-state index in [9.17, 15) is 4.79 Å². The van der Waals surface area contributed by atoms with Crippen LogP contribution in [0, 0.1) is 0 Å². The largest absolute Gasteiger partial charge is 0.465 e. The van der Waals surface area contributed by atoms with Crippen molar-refractivity contribution in [3.8, 4) is 22.5 Å². The van der Waals surface area contributed by atoms with Crippen molar-refractivity contribution in [3.05, 3.63) is 72.6 Å². The van der Waals surface area contributed by atoms with Gasteiger partial charge in [0, 0.05) is 11.8 Å². The average Bonchev–Trinajstić information content (AvgIpc) is 3.12. The molecule has 0 aliphatic heterocycles. The summed E-state index contributed by atoms with van der Waals surface area (Å²) < 4.78 is 4.87. The quantitative estimate of drug-likeness (QED) is 0.575. The molecule has 0 bridgehead atoms. The number of benzene rings is 2. The molecule has 0 fully saturated rings. The molecule has 2 aromatic carbocycles. The second kappa shape index (κ2) is 6.20. The summed E-state index contributed by atoms with van der Waals surface area (Å²) in [6.07, 6.45) is 3.47. The molecule has 2 heterocycles. The van der Waals surface area contributed by atoms with Crippen molar-refractivity contribution >= 4 is 17.0 Å². The number of carbonyl (C=O) groups excluding carboxylic acids is 1. The molecule has 0 amide bonds. The number of aromatic amines is 1. The maximum Gasteiger partial charge on any atom is 0.338 e. The molecule has 4 rings (SSSR count). The van der Waals surface area contributed by atoms with Crippen LogP contribution < -0.4 is 0 Å². The number of aromatic nitrogens is 3. The summed E-state index contributed by atoms with van der Waals surface area (Å²) in [5, 5.41) is 0. The van der Waals surface area contributed by atoms with Gasteiger partial charge < -0.3 is 9.72 Å². The fraction of sp³-hybridized carbons (Fsp3) is 0.0500. The Hall–Kier alpha value is -3.47. The lowest BCUT2D eigenvalue weighted by Crippen LogP contribution is -2.03. The number of hydrogen-bond acceptors (Lipinski definition) is 4. The number of ether oxygens (including phenoxy) is 1. The molecule has 0 radical (unpaired) electrons. The predicted octanol–water partition coefficient (Wildman–Crippen LogP) is 4.08. The van der Waals surface area contributed by atoms with E-state index in [1.165, 1.54) is 7.11 Å². The monoisotopic (exact) mass is 329 g/mol. The molecule has 5 nitrogen and oxygen atoms in total. The van der Waals surface area contributed by atoms with Gasteiger partial charge in [-0.15, -0.1) is 0 Å². The van der Waals surface area contributed by atoms with Gasteiger partial charge in [-0.05, 0) is 23.3 Å². The molecule has 0 saturated carbocycles. The molecule has 122 valence electrons. The Balaban J connectivity index is 1.72. The maximum atomic E-state index is 12.0. The number of methoxy groups -OCH3 is 1. The Labute approximate surface area is 144 Å². The first-order valence-electron chi connectivity index (χ1n) is 7.84. The van der Waals surface area contributed by atoms with Crippen LogP contribution in [0.3, 0.4) is 0 Å². The minimum Gasteiger partial charge on any atom is -0.465 e. The first-order valence-corrected chi connectivity index (χ1v) is 7.84. The number of nitrogens with one attached hydrogen (secondary N) is 1. The third kappa shape index (κ3) is 2.76. The van der Waals surface area contributed by atoms with Crippen LogP contribution in [0.1, 0.15) is 10.4 Å². The zero-order valence-corrected chi connectivity index (χ0v) is 13.6. The summed E-state index contributed by atoms with van der Waals surface area (Å²) in [6.45, 7) is 0. The fourth-order valence-corrected chi connectivity index (χ4v) is 2.82. The van der Waals surface area contributed by atoms with Crippen LogP contribution in [-0.2, 0) is 4.74 Å². The van der Waals surface area contributed by atoms with Crippen molar-refractivity contribution in [3.63, 3.8) is 0 Å². The Morgan fingerprint density at radius 2 is 1.76 bits per heavy atom. The number of H-pyrrole nitrogens is 1. The summed E-state index contributed by atoms with van der Waals surface area (Å²) in [5.41, 5.74) is 5.09. The van der Waals surface area contributed by atoms with E-state index < -0.39 is 0 Å². The summed E-state index contributed by atoms with van der Waals surface area (Å²) >= 11 is 0. The minimum absolute atomic E-state index is 0.343. The highest BCUT2D eigenvalue weighted by molar-refractivity contribution is 5.97. The molecule has 0 saturated heterocycles. The van der Waals surface area contributed by atoms with Crippen molar-refractivity contribution in [1.29, 1.82) is 0 Å². The highest BCUT2D eigenvalue weighted by Gasteiger charge is 2.13. The summed E-state index contributed by atoms with van der Waals surface area (Å²) in [7, 11) is 1.39. The SMILES string of the molecule is COC(=O)c1ccccc1-c1ccc(-c2nc3cnccc3[nH]2)cc1. The van der Waals surface area contributed by atoms with Crippen LogP contribution in [0.2, 0.25) is 0 Å². The van der Waals surface area contributed by atoms with E-state index >= 15 is 0 Å². The third-order valence-electron chi connectivity index (χ3n) is 4.09. The lowest BCUT2D eigenvalue weighted by molar-refractivity contribution is 0.0601. The standard InChI is InChI=1S/C20H15N3O2/c1-25-20(24)16-5-3-2-4-15(16)13-6-8-14(9-7-13)19-22-17-10-11-21-12-18(17)23-19/h2-12H,1H3,(H,22,23). The van der Waals surface area contributed by atoms with Crippen molar-refractivity contribution in [2.75, 3.05) is 7.11 Å². The second-order valence-corrected chi connectivity index (χ2v) is 5.59. The number of fused-ring (bicyclic) bond motifs is 1. The molecule has 5 heteroatoms. The molecule has 0 unspecified atom stereocenters. The Morgan fingerprint density at radius 3 is 2.52 bits per heavy atom. The van der Waals surface area contributed by atoms with Crippen LogP contribution in [0.4, 0.5) is 0 Å². The van der Waals surface area contributed by atoms with Gasteiger partial charge in [-0.1, -0.05) is 42.5 Å². The average molecular weight is 329 g/mol. The van der Waals surface area contributed by atoms with E-state index in [4.69, 9.17) is 4.74 Å². The van der Waals surface area contributed by atoms with Gasteiger partial charge in [0.1, 0.15) is 11.3 Å². The van der Waals surface area contributed by atoms with Crippen LogP contribution in [-0.4, -0.2) is 28.0 Å². The Kier molecular flexibility index (Phi) is 3.74. The van der Waals surface area contributed by atoms with Gasteiger partial charge in [0.2, 0.25) is 0 Å². The molecular formula is C20H15N3O2. The molecule has 1 N–H and O–H groups in total. The predicted molar refractivity (Wildman–Crippen MR) is 96.1 cm³/mol. The molecule has 25 heavy (non-hydrogen) atoms. The van der Waals surface area contributed by atoms with Gasteiger partial charge in [-0.25, -0.2) is 9.78 Å². The van der Waals surface area contributed by atoms with Gasteiger partial charge in [-0.2, -0.15) is 0 Å². The number of esters is 1. The highest BCUT2D eigenvalue weighted by Crippen LogP contribution is 2.27.